The first-order valence-corrected chi connectivity index (χ1v) is 23.2. The van der Waals surface area contributed by atoms with E-state index in [-0.39, 0.29) is 19.4 Å². The van der Waals surface area contributed by atoms with E-state index in [9.17, 15) is 24.2 Å². The van der Waals surface area contributed by atoms with Crippen molar-refractivity contribution >= 4 is 19.8 Å². The van der Waals surface area contributed by atoms with Crippen molar-refractivity contribution in [2.24, 2.45) is 0 Å². The van der Waals surface area contributed by atoms with Crippen molar-refractivity contribution in [3.05, 3.63) is 48.6 Å². The molecule has 1 rings (SSSR count). The molecule has 3 unspecified atom stereocenters. The number of phosphoric ester groups is 1. The Bertz CT molecular complexity index is 1140. The lowest BCUT2D eigenvalue weighted by Crippen LogP contribution is -2.29. The molecule has 1 aliphatic heterocycles. The molecule has 0 aliphatic carbocycles. The summed E-state index contributed by atoms with van der Waals surface area (Å²) in [5.74, 6) is -1.01. The van der Waals surface area contributed by atoms with Gasteiger partial charge in [0.25, 0.3) is 0 Å². The first-order valence-electron chi connectivity index (χ1n) is 21.7. The normalized spacial score (nSPS) is 17.9. The molecule has 0 spiro atoms. The predicted octanol–water partition coefficient (Wildman–Crippen LogP) is 10.3. The average molecular weight is 813 g/mol. The van der Waals surface area contributed by atoms with Gasteiger partial charge in [0.15, 0.2) is 6.10 Å². The molecular formula is C44H77O11P. The Morgan fingerprint density at radius 2 is 1.18 bits per heavy atom. The number of unbranched alkanes of at least 4 members (excludes halogenated alkanes) is 14. The van der Waals surface area contributed by atoms with Crippen molar-refractivity contribution in [3.8, 4) is 0 Å². The van der Waals surface area contributed by atoms with Gasteiger partial charge in [-0.05, 0) is 70.6 Å². The maximum atomic E-state index is 12.6. The summed E-state index contributed by atoms with van der Waals surface area (Å²) in [5, 5.41) is 18.3. The molecule has 12 heteroatoms. The Labute approximate surface area is 338 Å². The van der Waals surface area contributed by atoms with E-state index in [1.165, 1.54) is 64.2 Å². The van der Waals surface area contributed by atoms with E-state index < -0.39 is 51.8 Å². The second-order valence-electron chi connectivity index (χ2n) is 14.7. The minimum atomic E-state index is -4.63. The van der Waals surface area contributed by atoms with Crippen LogP contribution in [-0.2, 0) is 37.4 Å². The zero-order valence-corrected chi connectivity index (χ0v) is 35.7. The van der Waals surface area contributed by atoms with Crippen LogP contribution in [0.25, 0.3) is 0 Å². The molecule has 0 aromatic heterocycles. The maximum absolute atomic E-state index is 12.6. The highest BCUT2D eigenvalue weighted by Crippen LogP contribution is 2.43. The van der Waals surface area contributed by atoms with Crippen LogP contribution in [0.1, 0.15) is 168 Å². The molecule has 0 saturated carbocycles. The number of allylic oxidation sites excluding steroid dienone is 7. The lowest BCUT2D eigenvalue weighted by molar-refractivity contribution is -0.161. The largest absolute Gasteiger partial charge is 0.472 e. The van der Waals surface area contributed by atoms with Gasteiger partial charge >= 0.3 is 19.8 Å². The third kappa shape index (κ3) is 32.9. The van der Waals surface area contributed by atoms with Gasteiger partial charge < -0.3 is 29.3 Å². The molecule has 0 aromatic carbocycles. The third-order valence-electron chi connectivity index (χ3n) is 9.38. The molecule has 0 amide bonds. The highest BCUT2D eigenvalue weighted by molar-refractivity contribution is 7.47. The maximum Gasteiger partial charge on any atom is 0.472 e. The molecule has 5 atom stereocenters. The zero-order chi connectivity index (χ0) is 41.0. The van der Waals surface area contributed by atoms with Crippen molar-refractivity contribution in [2.75, 3.05) is 26.4 Å². The van der Waals surface area contributed by atoms with E-state index in [4.69, 9.17) is 23.8 Å². The molecular weight excluding hydrogens is 735 g/mol. The molecule has 0 aromatic rings. The molecule has 0 radical (unpaired) electrons. The number of aliphatic hydroxyl groups is 2. The number of epoxide rings is 1. The number of carbonyl (C=O) groups is 2. The van der Waals surface area contributed by atoms with Gasteiger partial charge in [0.2, 0.25) is 0 Å². The molecule has 11 nitrogen and oxygen atoms in total. The van der Waals surface area contributed by atoms with Crippen LogP contribution < -0.4 is 0 Å². The van der Waals surface area contributed by atoms with E-state index >= 15 is 0 Å². The van der Waals surface area contributed by atoms with Crippen LogP contribution in [-0.4, -0.2) is 77.9 Å². The molecule has 1 heterocycles. The van der Waals surface area contributed by atoms with Gasteiger partial charge in [-0.1, -0.05) is 133 Å². The Kier molecular flexibility index (Phi) is 33.4. The molecule has 324 valence electrons. The fraction of sp³-hybridized carbons (Fsp3) is 0.773. The lowest BCUT2D eigenvalue weighted by atomic mass is 10.1. The minimum Gasteiger partial charge on any atom is -0.462 e. The predicted molar refractivity (Wildman–Crippen MR) is 223 cm³/mol. The van der Waals surface area contributed by atoms with Gasteiger partial charge in [0.05, 0.1) is 32.0 Å². The summed E-state index contributed by atoms with van der Waals surface area (Å²) in [6.07, 6.45) is 39.7. The fourth-order valence-electron chi connectivity index (χ4n) is 5.90. The number of rotatable bonds is 39. The molecule has 1 saturated heterocycles. The van der Waals surface area contributed by atoms with Gasteiger partial charge in [-0.3, -0.25) is 18.6 Å². The fourth-order valence-corrected chi connectivity index (χ4v) is 6.69. The number of hydrogen-bond donors (Lipinski definition) is 3. The zero-order valence-electron chi connectivity index (χ0n) is 34.8. The Morgan fingerprint density at radius 1 is 0.643 bits per heavy atom. The number of carbonyl (C=O) groups excluding carboxylic acids is 2. The van der Waals surface area contributed by atoms with Crippen LogP contribution in [0.4, 0.5) is 0 Å². The van der Waals surface area contributed by atoms with Crippen molar-refractivity contribution in [3.63, 3.8) is 0 Å². The van der Waals surface area contributed by atoms with Crippen LogP contribution in [0.5, 0.6) is 0 Å². The number of hydrogen-bond acceptors (Lipinski definition) is 10. The summed E-state index contributed by atoms with van der Waals surface area (Å²) in [6, 6.07) is 0. The third-order valence-corrected chi connectivity index (χ3v) is 10.3. The summed E-state index contributed by atoms with van der Waals surface area (Å²) in [5.41, 5.74) is 0. The quantitative estimate of drug-likeness (QED) is 0.0178. The molecule has 3 N–H and O–H groups in total. The molecule has 56 heavy (non-hydrogen) atoms. The number of esters is 2. The van der Waals surface area contributed by atoms with Crippen LogP contribution in [0.2, 0.25) is 0 Å². The van der Waals surface area contributed by atoms with Gasteiger partial charge in [-0.2, -0.15) is 0 Å². The van der Waals surface area contributed by atoms with E-state index in [0.717, 1.165) is 57.8 Å². The van der Waals surface area contributed by atoms with E-state index in [1.807, 2.05) is 6.08 Å². The summed E-state index contributed by atoms with van der Waals surface area (Å²) in [7, 11) is -4.63. The monoisotopic (exact) mass is 813 g/mol. The number of ether oxygens (including phenoxy) is 3. The Hall–Kier alpha value is -2.11. The van der Waals surface area contributed by atoms with E-state index in [2.05, 4.69) is 60.9 Å². The molecule has 0 bridgehead atoms. The second-order valence-corrected chi connectivity index (χ2v) is 16.2. The van der Waals surface area contributed by atoms with E-state index in [1.54, 1.807) is 0 Å². The van der Waals surface area contributed by atoms with Crippen molar-refractivity contribution < 1.29 is 52.5 Å². The number of aliphatic hydroxyl groups excluding tert-OH is 2. The minimum absolute atomic E-state index is 0.159. The van der Waals surface area contributed by atoms with Crippen molar-refractivity contribution in [2.45, 2.75) is 192 Å². The summed E-state index contributed by atoms with van der Waals surface area (Å²) in [6.45, 7) is 2.26. The second kappa shape index (κ2) is 36.0. The van der Waals surface area contributed by atoms with Crippen molar-refractivity contribution in [1.82, 2.24) is 0 Å². The summed E-state index contributed by atoms with van der Waals surface area (Å²) < 4.78 is 38.4. The average Bonchev–Trinajstić information content (AvgIpc) is 3.94. The number of phosphoric acid groups is 1. The Balaban J connectivity index is 2.29. The Morgan fingerprint density at radius 3 is 1.86 bits per heavy atom. The standard InChI is InChI=1S/C44H77O11P/c1-3-5-7-8-9-10-11-12-13-14-15-20-23-26-30-34-44(48)54-40(38-53-56(49,50)52-36-39(46)35-45)37-51-43(47)33-29-25-22-19-17-16-18-21-24-28-32-42-41(55-42)31-27-6-4-2/h12-13,16,18-19,22,24,28,39-42,45-46H,3-11,14-15,17,20-21,23,25-27,29-38H2,1-2H3,(H,49,50)/b13-12-,18-16-,22-19-,28-24-/t39-,40+,41?,42?/m0/s1. The van der Waals surface area contributed by atoms with Gasteiger partial charge in [-0.15, -0.1) is 0 Å². The van der Waals surface area contributed by atoms with Gasteiger partial charge in [-0.25, -0.2) is 4.57 Å². The van der Waals surface area contributed by atoms with Crippen LogP contribution in [0, 0.1) is 0 Å². The topological polar surface area (TPSA) is 161 Å². The smallest absolute Gasteiger partial charge is 0.462 e. The van der Waals surface area contributed by atoms with Crippen LogP contribution in [0.15, 0.2) is 48.6 Å². The van der Waals surface area contributed by atoms with Crippen LogP contribution in [0.3, 0.4) is 0 Å². The van der Waals surface area contributed by atoms with E-state index in [0.29, 0.717) is 31.5 Å². The summed E-state index contributed by atoms with van der Waals surface area (Å²) in [4.78, 5) is 35.0. The lowest BCUT2D eigenvalue weighted by Gasteiger charge is -2.20. The molecule has 1 fully saturated rings. The van der Waals surface area contributed by atoms with Gasteiger partial charge in [0, 0.05) is 12.8 Å². The highest BCUT2D eigenvalue weighted by Gasteiger charge is 2.36. The SMILES string of the molecule is CCCCCCCC/C=C\CCCCCCCC(=O)O[C@H](COC(=O)CCC/C=C\C/C=C\C/C=C\CC1OC1CCCCC)COP(=O)(O)OC[C@@H](O)CO. The molecule has 1 aliphatic rings. The van der Waals surface area contributed by atoms with Gasteiger partial charge in [0.1, 0.15) is 12.7 Å². The summed E-state index contributed by atoms with van der Waals surface area (Å²) >= 11 is 0. The first-order chi connectivity index (χ1) is 27.2. The van der Waals surface area contributed by atoms with Crippen molar-refractivity contribution in [1.29, 1.82) is 0 Å². The highest BCUT2D eigenvalue weighted by atomic mass is 31.2. The first kappa shape index (κ1) is 51.9. The van der Waals surface area contributed by atoms with Crippen LogP contribution >= 0.6 is 7.82 Å².